The predicted molar refractivity (Wildman–Crippen MR) is 71.5 cm³/mol. The number of imidazole rings is 1. The molecule has 3 nitrogen and oxygen atoms in total. The Bertz CT molecular complexity index is 530. The SMILES string of the molecule is NC1CCCc2nc(-c3ccc(Br)cc3)cn21. The van der Waals surface area contributed by atoms with E-state index in [-0.39, 0.29) is 6.17 Å². The predicted octanol–water partition coefficient (Wildman–Crippen LogP) is 3.11. The lowest BCUT2D eigenvalue weighted by Gasteiger charge is -2.20. The summed E-state index contributed by atoms with van der Waals surface area (Å²) in [6.07, 6.45) is 5.38. The first kappa shape index (κ1) is 11.0. The van der Waals surface area contributed by atoms with Crippen LogP contribution in [0.3, 0.4) is 0 Å². The van der Waals surface area contributed by atoms with E-state index in [1.807, 2.05) is 12.1 Å². The molecule has 1 atom stereocenters. The monoisotopic (exact) mass is 291 g/mol. The molecule has 0 saturated carbocycles. The highest BCUT2D eigenvalue weighted by Gasteiger charge is 2.18. The number of nitrogens with zero attached hydrogens (tertiary/aromatic N) is 2. The minimum Gasteiger partial charge on any atom is -0.318 e. The van der Waals surface area contributed by atoms with Crippen molar-refractivity contribution in [1.82, 2.24) is 9.55 Å². The smallest absolute Gasteiger partial charge is 0.110 e. The number of hydrogen-bond acceptors (Lipinski definition) is 2. The number of aryl methyl sites for hydroxylation is 1. The molecule has 0 amide bonds. The van der Waals surface area contributed by atoms with Gasteiger partial charge in [0.2, 0.25) is 0 Å². The Balaban J connectivity index is 2.02. The molecular weight excluding hydrogens is 278 g/mol. The van der Waals surface area contributed by atoms with Crippen molar-refractivity contribution in [2.75, 3.05) is 0 Å². The van der Waals surface area contributed by atoms with Crippen molar-refractivity contribution in [2.45, 2.75) is 25.4 Å². The minimum atomic E-state index is 0.0930. The van der Waals surface area contributed by atoms with Crippen molar-refractivity contribution >= 4 is 15.9 Å². The molecule has 88 valence electrons. The van der Waals surface area contributed by atoms with Crippen molar-refractivity contribution in [1.29, 1.82) is 0 Å². The third-order valence-electron chi connectivity index (χ3n) is 3.21. The number of hydrogen-bond donors (Lipinski definition) is 1. The first-order chi connectivity index (χ1) is 8.24. The summed E-state index contributed by atoms with van der Waals surface area (Å²) in [6.45, 7) is 0. The van der Waals surface area contributed by atoms with Gasteiger partial charge in [0.25, 0.3) is 0 Å². The molecule has 2 heterocycles. The Morgan fingerprint density at radius 3 is 2.76 bits per heavy atom. The molecule has 0 bridgehead atoms. The highest BCUT2D eigenvalue weighted by molar-refractivity contribution is 9.10. The van der Waals surface area contributed by atoms with Crippen molar-refractivity contribution < 1.29 is 0 Å². The molecule has 4 heteroatoms. The Hall–Kier alpha value is -1.13. The zero-order chi connectivity index (χ0) is 11.8. The lowest BCUT2D eigenvalue weighted by molar-refractivity contribution is 0.408. The summed E-state index contributed by atoms with van der Waals surface area (Å²) in [5, 5.41) is 0. The van der Waals surface area contributed by atoms with Crippen molar-refractivity contribution in [3.63, 3.8) is 0 Å². The molecular formula is C13H14BrN3. The Labute approximate surface area is 109 Å². The third kappa shape index (κ3) is 2.03. The number of nitrogens with two attached hydrogens (primary N) is 1. The van der Waals surface area contributed by atoms with Gasteiger partial charge in [-0.15, -0.1) is 0 Å². The van der Waals surface area contributed by atoms with E-state index in [2.05, 4.69) is 43.8 Å². The molecule has 2 N–H and O–H groups in total. The maximum atomic E-state index is 6.08. The van der Waals surface area contributed by atoms with Crippen LogP contribution in [0.2, 0.25) is 0 Å². The largest absolute Gasteiger partial charge is 0.318 e. The highest BCUT2D eigenvalue weighted by atomic mass is 79.9. The van der Waals surface area contributed by atoms with Gasteiger partial charge in [-0.1, -0.05) is 28.1 Å². The van der Waals surface area contributed by atoms with E-state index in [9.17, 15) is 0 Å². The van der Waals surface area contributed by atoms with Gasteiger partial charge in [0.15, 0.2) is 0 Å². The number of rotatable bonds is 1. The zero-order valence-corrected chi connectivity index (χ0v) is 11.0. The molecule has 3 rings (SSSR count). The van der Waals surface area contributed by atoms with Crippen LogP contribution in [0, 0.1) is 0 Å². The second kappa shape index (κ2) is 4.27. The molecule has 0 fully saturated rings. The molecule has 1 aliphatic rings. The van der Waals surface area contributed by atoms with Crippen LogP contribution in [-0.2, 0) is 6.42 Å². The fraction of sp³-hybridized carbons (Fsp3) is 0.308. The fourth-order valence-electron chi connectivity index (χ4n) is 2.27. The average Bonchev–Trinajstić information content (AvgIpc) is 2.75. The molecule has 1 aliphatic heterocycles. The molecule has 0 radical (unpaired) electrons. The van der Waals surface area contributed by atoms with E-state index in [0.29, 0.717) is 0 Å². The van der Waals surface area contributed by atoms with Crippen molar-refractivity contribution in [2.24, 2.45) is 5.73 Å². The summed E-state index contributed by atoms with van der Waals surface area (Å²) in [5.41, 5.74) is 8.24. The lowest BCUT2D eigenvalue weighted by atomic mass is 10.1. The molecule has 17 heavy (non-hydrogen) atoms. The van der Waals surface area contributed by atoms with Gasteiger partial charge in [-0.25, -0.2) is 4.98 Å². The number of benzene rings is 1. The van der Waals surface area contributed by atoms with Crippen molar-refractivity contribution in [3.05, 3.63) is 40.8 Å². The van der Waals surface area contributed by atoms with Gasteiger partial charge in [-0.3, -0.25) is 0 Å². The second-order valence-corrected chi connectivity index (χ2v) is 5.33. The summed E-state index contributed by atoms with van der Waals surface area (Å²) >= 11 is 3.44. The van der Waals surface area contributed by atoms with Crippen LogP contribution in [0.1, 0.15) is 24.8 Å². The van der Waals surface area contributed by atoms with E-state index in [1.54, 1.807) is 0 Å². The van der Waals surface area contributed by atoms with E-state index in [1.165, 1.54) is 0 Å². The summed E-state index contributed by atoms with van der Waals surface area (Å²) in [7, 11) is 0. The zero-order valence-electron chi connectivity index (χ0n) is 9.44. The Kier molecular flexibility index (Phi) is 2.76. The Morgan fingerprint density at radius 1 is 1.29 bits per heavy atom. The maximum absolute atomic E-state index is 6.08. The molecule has 0 aliphatic carbocycles. The van der Waals surface area contributed by atoms with Gasteiger partial charge in [-0.2, -0.15) is 0 Å². The number of aromatic nitrogens is 2. The summed E-state index contributed by atoms with van der Waals surface area (Å²) in [6, 6.07) is 8.22. The average molecular weight is 292 g/mol. The normalized spacial score (nSPS) is 19.1. The second-order valence-electron chi connectivity index (χ2n) is 4.42. The van der Waals surface area contributed by atoms with Crippen LogP contribution >= 0.6 is 15.9 Å². The highest BCUT2D eigenvalue weighted by Crippen LogP contribution is 2.26. The van der Waals surface area contributed by atoms with Gasteiger partial charge < -0.3 is 10.3 Å². The van der Waals surface area contributed by atoms with E-state index in [0.717, 1.165) is 40.8 Å². The van der Waals surface area contributed by atoms with Gasteiger partial charge in [-0.05, 0) is 25.0 Å². The van der Waals surface area contributed by atoms with Crippen LogP contribution in [0.5, 0.6) is 0 Å². The Morgan fingerprint density at radius 2 is 2.06 bits per heavy atom. The fourth-order valence-corrected chi connectivity index (χ4v) is 2.54. The molecule has 0 saturated heterocycles. The van der Waals surface area contributed by atoms with Crippen molar-refractivity contribution in [3.8, 4) is 11.3 Å². The topological polar surface area (TPSA) is 43.8 Å². The molecule has 2 aromatic rings. The van der Waals surface area contributed by atoms with Gasteiger partial charge >= 0.3 is 0 Å². The minimum absolute atomic E-state index is 0.0930. The molecule has 1 aromatic carbocycles. The van der Waals surface area contributed by atoms with Gasteiger partial charge in [0.05, 0.1) is 11.9 Å². The molecule has 1 aromatic heterocycles. The molecule has 0 spiro atoms. The lowest BCUT2D eigenvalue weighted by Crippen LogP contribution is -2.24. The van der Waals surface area contributed by atoms with Crippen LogP contribution in [0.15, 0.2) is 34.9 Å². The van der Waals surface area contributed by atoms with Crippen LogP contribution in [0.4, 0.5) is 0 Å². The first-order valence-electron chi connectivity index (χ1n) is 5.83. The third-order valence-corrected chi connectivity index (χ3v) is 3.74. The maximum Gasteiger partial charge on any atom is 0.110 e. The van der Waals surface area contributed by atoms with Crippen LogP contribution in [0.25, 0.3) is 11.3 Å². The summed E-state index contributed by atoms with van der Waals surface area (Å²) in [4.78, 5) is 4.67. The summed E-state index contributed by atoms with van der Waals surface area (Å²) in [5.74, 6) is 1.11. The van der Waals surface area contributed by atoms with Crippen LogP contribution in [-0.4, -0.2) is 9.55 Å². The summed E-state index contributed by atoms with van der Waals surface area (Å²) < 4.78 is 3.20. The van der Waals surface area contributed by atoms with E-state index < -0.39 is 0 Å². The number of halogens is 1. The van der Waals surface area contributed by atoms with Gasteiger partial charge in [0.1, 0.15) is 5.82 Å². The number of fused-ring (bicyclic) bond motifs is 1. The van der Waals surface area contributed by atoms with E-state index >= 15 is 0 Å². The first-order valence-corrected chi connectivity index (χ1v) is 6.62. The van der Waals surface area contributed by atoms with E-state index in [4.69, 9.17) is 5.73 Å². The quantitative estimate of drug-likeness (QED) is 0.877. The van der Waals surface area contributed by atoms with Crippen LogP contribution < -0.4 is 5.73 Å². The standard InChI is InChI=1S/C13H14BrN3/c14-10-6-4-9(5-7-10)11-8-17-12(15)2-1-3-13(17)16-11/h4-8,12H,1-3,15H2. The molecule has 1 unspecified atom stereocenters. The van der Waals surface area contributed by atoms with Gasteiger partial charge in [0, 0.05) is 22.7 Å².